The van der Waals surface area contributed by atoms with Gasteiger partial charge in [0.05, 0.1) is 16.3 Å². The number of pyridine rings is 1. The Labute approximate surface area is 167 Å². The van der Waals surface area contributed by atoms with Gasteiger partial charge in [0.25, 0.3) is 0 Å². The van der Waals surface area contributed by atoms with Gasteiger partial charge in [0.1, 0.15) is 11.9 Å². The molecular formula is C22H20N4OS. The quantitative estimate of drug-likeness (QED) is 0.508. The van der Waals surface area contributed by atoms with Crippen molar-refractivity contribution in [2.75, 3.05) is 5.75 Å². The molecule has 28 heavy (non-hydrogen) atoms. The Morgan fingerprint density at radius 1 is 1.07 bits per heavy atom. The number of fused-ring (bicyclic) bond motifs is 1. The Hall–Kier alpha value is -3.12. The highest BCUT2D eigenvalue weighted by molar-refractivity contribution is 7.99. The summed E-state index contributed by atoms with van der Waals surface area (Å²) >= 11 is 1.43. The number of nitrogens with zero attached hydrogens (tertiary/aromatic N) is 3. The van der Waals surface area contributed by atoms with Crippen LogP contribution in [0, 0.1) is 0 Å². The Balaban J connectivity index is 1.47. The molecule has 1 unspecified atom stereocenters. The first-order chi connectivity index (χ1) is 13.7. The van der Waals surface area contributed by atoms with Crippen LogP contribution in [0.2, 0.25) is 0 Å². The predicted molar refractivity (Wildman–Crippen MR) is 112 cm³/mol. The van der Waals surface area contributed by atoms with Crippen LogP contribution in [0.4, 0.5) is 0 Å². The van der Waals surface area contributed by atoms with E-state index >= 15 is 0 Å². The smallest absolute Gasteiger partial charge is 0.231 e. The third-order valence-electron chi connectivity index (χ3n) is 4.48. The second kappa shape index (κ2) is 8.27. The van der Waals surface area contributed by atoms with Gasteiger partial charge in [-0.1, -0.05) is 66.4 Å². The van der Waals surface area contributed by atoms with E-state index < -0.39 is 0 Å². The number of benzene rings is 2. The summed E-state index contributed by atoms with van der Waals surface area (Å²) in [5, 5.41) is 5.04. The van der Waals surface area contributed by atoms with Crippen LogP contribution >= 0.6 is 11.8 Å². The molecule has 5 nitrogen and oxygen atoms in total. The number of amides is 1. The van der Waals surface area contributed by atoms with Crippen molar-refractivity contribution in [3.05, 3.63) is 90.5 Å². The molecule has 0 bridgehead atoms. The number of hydrogen-bond acceptors (Lipinski definition) is 4. The van der Waals surface area contributed by atoms with Crippen LogP contribution < -0.4 is 5.32 Å². The molecule has 0 aliphatic rings. The van der Waals surface area contributed by atoms with Gasteiger partial charge >= 0.3 is 0 Å². The number of imidazole rings is 1. The van der Waals surface area contributed by atoms with Gasteiger partial charge in [-0.05, 0) is 17.7 Å². The van der Waals surface area contributed by atoms with Crippen molar-refractivity contribution in [1.29, 1.82) is 0 Å². The summed E-state index contributed by atoms with van der Waals surface area (Å²) in [7, 11) is 1.93. The molecule has 2 aromatic heterocycles. The van der Waals surface area contributed by atoms with Crippen LogP contribution in [0.3, 0.4) is 0 Å². The Kier molecular flexibility index (Phi) is 5.39. The number of thioether (sulfide) groups is 1. The van der Waals surface area contributed by atoms with Crippen molar-refractivity contribution in [3.63, 3.8) is 0 Å². The van der Waals surface area contributed by atoms with Crippen molar-refractivity contribution in [2.45, 2.75) is 11.1 Å². The number of carbonyl (C=O) groups excluding carboxylic acids is 1. The maximum Gasteiger partial charge on any atom is 0.231 e. The molecule has 0 aliphatic carbocycles. The summed E-state index contributed by atoms with van der Waals surface area (Å²) in [6, 6.07) is 21.5. The number of para-hydroxylation sites is 1. The monoisotopic (exact) mass is 388 g/mol. The van der Waals surface area contributed by atoms with Gasteiger partial charge in [-0.3, -0.25) is 4.79 Å². The van der Waals surface area contributed by atoms with Crippen LogP contribution in [0.15, 0.2) is 84.1 Å². The second-order valence-corrected chi connectivity index (χ2v) is 7.43. The summed E-state index contributed by atoms with van der Waals surface area (Å²) in [6.07, 6.45) is 3.62. The van der Waals surface area contributed by atoms with Gasteiger partial charge in [0.15, 0.2) is 0 Å². The van der Waals surface area contributed by atoms with Crippen molar-refractivity contribution >= 4 is 28.6 Å². The van der Waals surface area contributed by atoms with E-state index in [0.29, 0.717) is 5.75 Å². The molecule has 0 spiro atoms. The number of aromatic nitrogens is 3. The van der Waals surface area contributed by atoms with Crippen molar-refractivity contribution in [1.82, 2.24) is 19.9 Å². The number of rotatable bonds is 6. The molecule has 1 N–H and O–H groups in total. The molecule has 0 aliphatic heterocycles. The number of hydrogen-bond donors (Lipinski definition) is 1. The number of aryl methyl sites for hydroxylation is 1. The molecule has 140 valence electrons. The zero-order valence-corrected chi connectivity index (χ0v) is 16.3. The van der Waals surface area contributed by atoms with E-state index in [2.05, 4.69) is 15.3 Å². The zero-order chi connectivity index (χ0) is 19.3. The lowest BCUT2D eigenvalue weighted by Crippen LogP contribution is -2.32. The first-order valence-corrected chi connectivity index (χ1v) is 9.99. The molecule has 2 aromatic carbocycles. The van der Waals surface area contributed by atoms with E-state index in [0.717, 1.165) is 27.3 Å². The lowest BCUT2D eigenvalue weighted by atomic mass is 10.1. The van der Waals surface area contributed by atoms with Gasteiger partial charge in [-0.15, -0.1) is 0 Å². The minimum absolute atomic E-state index is 0.0585. The van der Waals surface area contributed by atoms with E-state index in [1.807, 2.05) is 84.5 Å². The van der Waals surface area contributed by atoms with E-state index in [9.17, 15) is 4.79 Å². The minimum atomic E-state index is -0.293. The summed E-state index contributed by atoms with van der Waals surface area (Å²) < 4.78 is 1.93. The average Bonchev–Trinajstić information content (AvgIpc) is 3.16. The lowest BCUT2D eigenvalue weighted by molar-refractivity contribution is -0.119. The fraction of sp³-hybridized carbons (Fsp3) is 0.136. The molecule has 4 aromatic rings. The third-order valence-corrected chi connectivity index (χ3v) is 5.41. The zero-order valence-electron chi connectivity index (χ0n) is 15.4. The van der Waals surface area contributed by atoms with Gasteiger partial charge in [-0.25, -0.2) is 9.97 Å². The van der Waals surface area contributed by atoms with Crippen LogP contribution in [-0.4, -0.2) is 26.2 Å². The predicted octanol–water partition coefficient (Wildman–Crippen LogP) is 3.97. The molecule has 0 saturated heterocycles. The Bertz CT molecular complexity index is 1090. The standard InChI is InChI=1S/C22H20N4OS/c1-26-14-13-23-22(26)21(17-8-3-2-4-9-17)25-19(27)15-28-20-12-11-16-7-5-6-10-18(16)24-20/h2-14,21H,15H2,1H3,(H,25,27). The van der Waals surface area contributed by atoms with Crippen LogP contribution in [0.5, 0.6) is 0 Å². The fourth-order valence-corrected chi connectivity index (χ4v) is 3.76. The largest absolute Gasteiger partial charge is 0.341 e. The molecule has 0 fully saturated rings. The van der Waals surface area contributed by atoms with Crippen LogP contribution in [-0.2, 0) is 11.8 Å². The van der Waals surface area contributed by atoms with Crippen molar-refractivity contribution < 1.29 is 4.79 Å². The van der Waals surface area contributed by atoms with Gasteiger partial charge in [0, 0.05) is 24.8 Å². The molecule has 6 heteroatoms. The molecule has 0 radical (unpaired) electrons. The first kappa shape index (κ1) is 18.3. The molecule has 1 amide bonds. The SMILES string of the molecule is Cn1ccnc1C(NC(=O)CSc1ccc2ccccc2n1)c1ccccc1. The lowest BCUT2D eigenvalue weighted by Gasteiger charge is -2.19. The second-order valence-electron chi connectivity index (χ2n) is 6.44. The van der Waals surface area contributed by atoms with Crippen LogP contribution in [0.1, 0.15) is 17.4 Å². The maximum atomic E-state index is 12.7. The maximum absolute atomic E-state index is 12.7. The average molecular weight is 388 g/mol. The molecule has 2 heterocycles. The fourth-order valence-electron chi connectivity index (χ4n) is 3.07. The highest BCUT2D eigenvalue weighted by atomic mass is 32.2. The molecule has 1 atom stereocenters. The van der Waals surface area contributed by atoms with E-state index in [-0.39, 0.29) is 11.9 Å². The van der Waals surface area contributed by atoms with E-state index in [4.69, 9.17) is 0 Å². The van der Waals surface area contributed by atoms with E-state index in [1.54, 1.807) is 6.20 Å². The summed E-state index contributed by atoms with van der Waals surface area (Å²) in [5.74, 6) is 1.03. The Morgan fingerprint density at radius 3 is 2.64 bits per heavy atom. The highest BCUT2D eigenvalue weighted by Gasteiger charge is 2.20. The van der Waals surface area contributed by atoms with Gasteiger partial charge < -0.3 is 9.88 Å². The van der Waals surface area contributed by atoms with Crippen LogP contribution in [0.25, 0.3) is 10.9 Å². The van der Waals surface area contributed by atoms with E-state index in [1.165, 1.54) is 11.8 Å². The highest BCUT2D eigenvalue weighted by Crippen LogP contribution is 2.22. The first-order valence-electron chi connectivity index (χ1n) is 9.01. The topological polar surface area (TPSA) is 59.8 Å². The third kappa shape index (κ3) is 4.07. The number of nitrogens with one attached hydrogen (secondary N) is 1. The van der Waals surface area contributed by atoms with Crippen molar-refractivity contribution in [3.8, 4) is 0 Å². The van der Waals surface area contributed by atoms with Gasteiger partial charge in [-0.2, -0.15) is 0 Å². The summed E-state index contributed by atoms with van der Waals surface area (Å²) in [5.41, 5.74) is 1.93. The van der Waals surface area contributed by atoms with Crippen molar-refractivity contribution in [2.24, 2.45) is 7.05 Å². The molecule has 0 saturated carbocycles. The number of carbonyl (C=O) groups is 1. The Morgan fingerprint density at radius 2 is 1.86 bits per heavy atom. The molecule has 4 rings (SSSR count). The summed E-state index contributed by atoms with van der Waals surface area (Å²) in [6.45, 7) is 0. The molecular weight excluding hydrogens is 368 g/mol. The normalized spacial score (nSPS) is 12.0. The minimum Gasteiger partial charge on any atom is -0.341 e. The summed E-state index contributed by atoms with van der Waals surface area (Å²) in [4.78, 5) is 21.7. The van der Waals surface area contributed by atoms with Gasteiger partial charge in [0.2, 0.25) is 5.91 Å².